The van der Waals surface area contributed by atoms with Crippen molar-refractivity contribution in [1.29, 1.82) is 0 Å². The van der Waals surface area contributed by atoms with Gasteiger partial charge in [-0.2, -0.15) is 0 Å². The fourth-order valence-corrected chi connectivity index (χ4v) is 7.53. The Morgan fingerprint density at radius 3 is 1.50 bits per heavy atom. The van der Waals surface area contributed by atoms with E-state index in [-0.39, 0.29) is 26.2 Å². The van der Waals surface area contributed by atoms with Crippen LogP contribution in [0.1, 0.15) is 61.8 Å². The van der Waals surface area contributed by atoms with Gasteiger partial charge in [0.05, 0.1) is 0 Å². The van der Waals surface area contributed by atoms with Crippen LogP contribution in [0.2, 0.25) is 11.1 Å². The molecule has 1 radical (unpaired) electrons. The third-order valence-corrected chi connectivity index (χ3v) is 8.05. The summed E-state index contributed by atoms with van der Waals surface area (Å²) in [5.74, 6) is 1.24. The maximum atomic E-state index is 2.48. The van der Waals surface area contributed by atoms with Crippen molar-refractivity contribution in [2.75, 3.05) is 0 Å². The first-order valence-electron chi connectivity index (χ1n) is 9.45. The summed E-state index contributed by atoms with van der Waals surface area (Å²) in [5, 5.41) is 0. The molecule has 0 N–H and O–H groups in total. The monoisotopic (exact) mass is 433 g/mol. The van der Waals surface area contributed by atoms with E-state index in [1.165, 1.54) is 11.1 Å². The first kappa shape index (κ1) is 19.8. The predicted molar refractivity (Wildman–Crippen MR) is 112 cm³/mol. The molecule has 4 unspecified atom stereocenters. The van der Waals surface area contributed by atoms with E-state index in [2.05, 4.69) is 88.4 Å². The van der Waals surface area contributed by atoms with Crippen LogP contribution in [0, 0.1) is 0 Å². The normalized spacial score (nSPS) is 22.6. The zero-order valence-electron chi connectivity index (χ0n) is 16.2. The topological polar surface area (TPSA) is 0 Å². The van der Waals surface area contributed by atoms with Crippen molar-refractivity contribution >= 4 is 21.7 Å². The molecule has 0 aliphatic heterocycles. The molecule has 26 heavy (non-hydrogen) atoms. The van der Waals surface area contributed by atoms with Gasteiger partial charge in [-0.3, -0.25) is 0 Å². The van der Waals surface area contributed by atoms with Crippen LogP contribution in [0.25, 0.3) is 12.2 Å². The summed E-state index contributed by atoms with van der Waals surface area (Å²) < 4.78 is 0. The Hall–Kier alpha value is -0.980. The van der Waals surface area contributed by atoms with Gasteiger partial charge in [-0.25, -0.2) is 0 Å². The van der Waals surface area contributed by atoms with E-state index < -0.39 is 0 Å². The third kappa shape index (κ3) is 3.43. The van der Waals surface area contributed by atoms with Crippen LogP contribution < -0.4 is 0 Å². The number of hydrogen-bond donors (Lipinski definition) is 0. The van der Waals surface area contributed by atoms with Crippen LogP contribution in [-0.2, 0) is 26.2 Å². The molecule has 0 saturated heterocycles. The fraction of sp³-hybridized carbons (Fsp3) is 0.333. The Morgan fingerprint density at radius 1 is 0.692 bits per heavy atom. The smallest absolute Gasteiger partial charge is 0.0363 e. The minimum atomic E-state index is 0. The van der Waals surface area contributed by atoms with Gasteiger partial charge in [0.1, 0.15) is 0 Å². The largest absolute Gasteiger partial charge is 0.0652 e. The summed E-state index contributed by atoms with van der Waals surface area (Å²) in [4.78, 5) is 0. The van der Waals surface area contributed by atoms with Gasteiger partial charge in [-0.05, 0) is 47.2 Å². The quantitative estimate of drug-likeness (QED) is 0.486. The predicted octanol–water partition coefficient (Wildman–Crippen LogP) is 6.44. The van der Waals surface area contributed by atoms with Gasteiger partial charge < -0.3 is 0 Å². The van der Waals surface area contributed by atoms with Gasteiger partial charge in [0.25, 0.3) is 0 Å². The van der Waals surface area contributed by atoms with Crippen LogP contribution in [0.3, 0.4) is 0 Å². The Balaban J connectivity index is 0.00000196. The third-order valence-electron chi connectivity index (χ3n) is 6.07. The van der Waals surface area contributed by atoms with Crippen molar-refractivity contribution in [2.45, 2.75) is 50.6 Å². The Labute approximate surface area is 179 Å². The van der Waals surface area contributed by atoms with E-state index in [9.17, 15) is 0 Å². The SMILES string of the molecule is CC1=Cc2ccccc2C1C(C)[SiH]C(C)C1C(C)=Cc2ccccc21.[Zr]. The average Bonchev–Trinajstić information content (AvgIpc) is 3.09. The van der Waals surface area contributed by atoms with Crippen molar-refractivity contribution < 1.29 is 26.2 Å². The maximum Gasteiger partial charge on any atom is 0.0363 e. The fourth-order valence-electron chi connectivity index (χ4n) is 5.11. The Kier molecular flexibility index (Phi) is 6.04. The molecule has 0 saturated carbocycles. The van der Waals surface area contributed by atoms with Crippen molar-refractivity contribution in [3.05, 3.63) is 81.9 Å². The summed E-state index contributed by atoms with van der Waals surface area (Å²) in [6.45, 7) is 9.61. The molecule has 0 bridgehead atoms. The number of fused-ring (bicyclic) bond motifs is 2. The molecular formula is C24H27SiZr. The van der Waals surface area contributed by atoms with Crippen LogP contribution in [0.5, 0.6) is 0 Å². The zero-order valence-corrected chi connectivity index (χ0v) is 19.8. The van der Waals surface area contributed by atoms with Gasteiger partial charge in [0.15, 0.2) is 0 Å². The molecule has 2 aromatic carbocycles. The van der Waals surface area contributed by atoms with E-state index in [1.54, 1.807) is 22.3 Å². The van der Waals surface area contributed by atoms with E-state index in [0.717, 1.165) is 11.1 Å². The maximum absolute atomic E-state index is 2.48. The summed E-state index contributed by atoms with van der Waals surface area (Å²) in [7, 11) is 0.370. The summed E-state index contributed by atoms with van der Waals surface area (Å²) in [6.07, 6.45) is 4.80. The first-order chi connectivity index (χ1) is 12.1. The number of rotatable bonds is 4. The standard InChI is InChI=1S/C24H27Si.Zr/c1-15-13-19-9-5-7-11-21(19)23(15)17(3)25-18(4)24-16(2)14-20-10-6-8-12-22(20)24;/h5-14,17-18,23-25H,1-4H3;. The van der Waals surface area contributed by atoms with Gasteiger partial charge in [0, 0.05) is 47.6 Å². The van der Waals surface area contributed by atoms with Gasteiger partial charge in [-0.15, -0.1) is 0 Å². The van der Waals surface area contributed by atoms with Crippen molar-refractivity contribution in [3.8, 4) is 0 Å². The number of benzene rings is 2. The molecule has 2 heteroatoms. The van der Waals surface area contributed by atoms with E-state index in [1.807, 2.05) is 0 Å². The van der Waals surface area contributed by atoms with Gasteiger partial charge >= 0.3 is 0 Å². The van der Waals surface area contributed by atoms with Crippen LogP contribution in [0.4, 0.5) is 0 Å². The molecule has 0 fully saturated rings. The molecule has 131 valence electrons. The molecule has 0 spiro atoms. The van der Waals surface area contributed by atoms with Crippen molar-refractivity contribution in [3.63, 3.8) is 0 Å². The average molecular weight is 435 g/mol. The molecule has 2 aliphatic carbocycles. The van der Waals surface area contributed by atoms with E-state index in [4.69, 9.17) is 0 Å². The second-order valence-electron chi connectivity index (χ2n) is 7.90. The zero-order chi connectivity index (χ0) is 17.6. The van der Waals surface area contributed by atoms with Crippen LogP contribution in [0.15, 0.2) is 59.7 Å². The molecule has 4 rings (SSSR count). The van der Waals surface area contributed by atoms with Crippen molar-refractivity contribution in [1.82, 2.24) is 0 Å². The van der Waals surface area contributed by atoms with Gasteiger partial charge in [-0.1, -0.05) is 85.7 Å². The van der Waals surface area contributed by atoms with Crippen LogP contribution in [-0.4, -0.2) is 9.52 Å². The Bertz CT molecular complexity index is 793. The van der Waals surface area contributed by atoms with E-state index in [0.29, 0.717) is 21.4 Å². The second kappa shape index (κ2) is 7.95. The molecule has 0 heterocycles. The second-order valence-corrected chi connectivity index (χ2v) is 10.4. The van der Waals surface area contributed by atoms with Crippen molar-refractivity contribution in [2.24, 2.45) is 0 Å². The number of allylic oxidation sites excluding steroid dienone is 2. The minimum Gasteiger partial charge on any atom is -0.0652 e. The molecule has 2 aliphatic rings. The van der Waals surface area contributed by atoms with E-state index >= 15 is 0 Å². The van der Waals surface area contributed by atoms with Crippen LogP contribution >= 0.6 is 0 Å². The first-order valence-corrected chi connectivity index (χ1v) is 10.8. The molecule has 0 aromatic heterocycles. The molecule has 0 nitrogen and oxygen atoms in total. The number of hydrogen-bond acceptors (Lipinski definition) is 0. The Morgan fingerprint density at radius 2 is 1.08 bits per heavy atom. The molecule has 4 atom stereocenters. The summed E-state index contributed by atoms with van der Waals surface area (Å²) in [6, 6.07) is 17.9. The minimum absolute atomic E-state index is 0. The summed E-state index contributed by atoms with van der Waals surface area (Å²) in [5.41, 5.74) is 10.6. The molecular weight excluding hydrogens is 408 g/mol. The van der Waals surface area contributed by atoms with Gasteiger partial charge in [0.2, 0.25) is 0 Å². The summed E-state index contributed by atoms with van der Waals surface area (Å²) >= 11 is 0. The molecule has 0 amide bonds. The molecule has 2 aromatic rings.